The summed E-state index contributed by atoms with van der Waals surface area (Å²) in [5, 5.41) is 0. The average molecular weight is 286 g/mol. The van der Waals surface area contributed by atoms with E-state index in [1.165, 1.54) is 6.07 Å². The summed E-state index contributed by atoms with van der Waals surface area (Å²) in [6.45, 7) is 3.79. The van der Waals surface area contributed by atoms with E-state index >= 15 is 0 Å². The third kappa shape index (κ3) is 3.09. The zero-order valence-corrected chi connectivity index (χ0v) is 12.6. The largest absolute Gasteiger partial charge is 0.300 e. The van der Waals surface area contributed by atoms with E-state index in [1.807, 2.05) is 13.8 Å². The molecule has 2 unspecified atom stereocenters. The van der Waals surface area contributed by atoms with E-state index in [2.05, 4.69) is 0 Å². The molecule has 0 spiro atoms. The molecule has 4 heteroatoms. The van der Waals surface area contributed by atoms with Crippen LogP contribution >= 0.6 is 0 Å². The van der Waals surface area contributed by atoms with Gasteiger partial charge in [0, 0.05) is 18.8 Å². The van der Waals surface area contributed by atoms with E-state index in [4.69, 9.17) is 7.85 Å². The summed E-state index contributed by atoms with van der Waals surface area (Å²) in [5.74, 6) is -0.690. The standard InChI is InChI=1S/C17H20BFO2/c1-3-10-9-11(20)5-6-13(10)17(21)14-7-8-15(18)12(4-2)16(14)19/h7-8,10,13H,3-6,9H2,1-2H3. The van der Waals surface area contributed by atoms with Gasteiger partial charge in [0.15, 0.2) is 5.78 Å². The van der Waals surface area contributed by atoms with Crippen LogP contribution in [0.1, 0.15) is 55.5 Å². The molecule has 0 saturated heterocycles. The van der Waals surface area contributed by atoms with Crippen molar-refractivity contribution in [1.29, 1.82) is 0 Å². The number of carbonyl (C=O) groups is 2. The molecule has 0 heterocycles. The SMILES string of the molecule is [B]c1ccc(C(=O)C2CCC(=O)CC2CC)c(F)c1CC. The molecule has 2 nitrogen and oxygen atoms in total. The molecule has 1 aromatic carbocycles. The van der Waals surface area contributed by atoms with Crippen LogP contribution < -0.4 is 5.46 Å². The highest BCUT2D eigenvalue weighted by Crippen LogP contribution is 2.33. The molecule has 0 aliphatic heterocycles. The maximum absolute atomic E-state index is 14.5. The zero-order valence-electron chi connectivity index (χ0n) is 12.6. The fraction of sp³-hybridized carbons (Fsp3) is 0.529. The van der Waals surface area contributed by atoms with Gasteiger partial charge in [-0.25, -0.2) is 4.39 Å². The Morgan fingerprint density at radius 3 is 2.71 bits per heavy atom. The number of ketones is 2. The first kappa shape index (κ1) is 15.9. The average Bonchev–Trinajstić information content (AvgIpc) is 2.47. The highest BCUT2D eigenvalue weighted by molar-refractivity contribution is 6.33. The Labute approximate surface area is 126 Å². The van der Waals surface area contributed by atoms with Crippen LogP contribution in [0.25, 0.3) is 0 Å². The zero-order chi connectivity index (χ0) is 15.6. The summed E-state index contributed by atoms with van der Waals surface area (Å²) in [5.41, 5.74) is 0.914. The van der Waals surface area contributed by atoms with Crippen molar-refractivity contribution >= 4 is 24.9 Å². The molecular weight excluding hydrogens is 266 g/mol. The molecule has 0 N–H and O–H groups in total. The molecule has 110 valence electrons. The van der Waals surface area contributed by atoms with Crippen LogP contribution in [0.4, 0.5) is 4.39 Å². The number of carbonyl (C=O) groups excluding carboxylic acids is 2. The number of hydrogen-bond donors (Lipinski definition) is 0. The quantitative estimate of drug-likeness (QED) is 0.630. The summed E-state index contributed by atoms with van der Waals surface area (Å²) in [6.07, 6.45) is 2.61. The molecule has 21 heavy (non-hydrogen) atoms. The van der Waals surface area contributed by atoms with Crippen molar-refractivity contribution in [3.8, 4) is 0 Å². The van der Waals surface area contributed by atoms with Crippen LogP contribution in [0, 0.1) is 17.7 Å². The first-order valence-corrected chi connectivity index (χ1v) is 7.62. The number of rotatable bonds is 4. The highest BCUT2D eigenvalue weighted by atomic mass is 19.1. The van der Waals surface area contributed by atoms with E-state index < -0.39 is 5.82 Å². The van der Waals surface area contributed by atoms with Gasteiger partial charge >= 0.3 is 0 Å². The third-order valence-corrected chi connectivity index (χ3v) is 4.55. The fourth-order valence-electron chi connectivity index (χ4n) is 3.25. The van der Waals surface area contributed by atoms with E-state index in [-0.39, 0.29) is 29.0 Å². The van der Waals surface area contributed by atoms with E-state index in [9.17, 15) is 14.0 Å². The van der Waals surface area contributed by atoms with Gasteiger partial charge in [-0.2, -0.15) is 0 Å². The Morgan fingerprint density at radius 2 is 2.10 bits per heavy atom. The van der Waals surface area contributed by atoms with Gasteiger partial charge in [0.2, 0.25) is 0 Å². The minimum atomic E-state index is -0.491. The smallest absolute Gasteiger partial charge is 0.169 e. The predicted molar refractivity (Wildman–Crippen MR) is 81.6 cm³/mol. The van der Waals surface area contributed by atoms with Gasteiger partial charge in [-0.05, 0) is 30.4 Å². The minimum absolute atomic E-state index is 0.0285. The molecule has 2 atom stereocenters. The summed E-state index contributed by atoms with van der Waals surface area (Å²) < 4.78 is 14.5. The number of benzene rings is 1. The van der Waals surface area contributed by atoms with Gasteiger partial charge in [-0.1, -0.05) is 31.8 Å². The Bertz CT molecular complexity index is 568. The maximum Gasteiger partial charge on any atom is 0.169 e. The Hall–Kier alpha value is -1.45. The van der Waals surface area contributed by atoms with Crippen molar-refractivity contribution < 1.29 is 14.0 Å². The van der Waals surface area contributed by atoms with E-state index in [0.29, 0.717) is 36.7 Å². The number of Topliss-reactive ketones (excluding diaryl/α,β-unsaturated/α-hetero) is 2. The summed E-state index contributed by atoms with van der Waals surface area (Å²) in [7, 11) is 5.76. The first-order valence-electron chi connectivity index (χ1n) is 7.62. The first-order chi connectivity index (χ1) is 9.99. The molecule has 0 aromatic heterocycles. The maximum atomic E-state index is 14.5. The number of halogens is 1. The Morgan fingerprint density at radius 1 is 1.38 bits per heavy atom. The van der Waals surface area contributed by atoms with E-state index in [0.717, 1.165) is 6.42 Å². The molecule has 1 aliphatic carbocycles. The second-order valence-electron chi connectivity index (χ2n) is 5.77. The number of hydrogen-bond acceptors (Lipinski definition) is 2. The third-order valence-electron chi connectivity index (χ3n) is 4.55. The minimum Gasteiger partial charge on any atom is -0.300 e. The van der Waals surface area contributed by atoms with Crippen LogP contribution in [0.15, 0.2) is 12.1 Å². The Kier molecular flexibility index (Phi) is 4.97. The fourth-order valence-corrected chi connectivity index (χ4v) is 3.25. The van der Waals surface area contributed by atoms with Crippen LogP contribution in [-0.2, 0) is 11.2 Å². The van der Waals surface area contributed by atoms with Crippen molar-refractivity contribution in [1.82, 2.24) is 0 Å². The van der Waals surface area contributed by atoms with Crippen molar-refractivity contribution in [2.75, 3.05) is 0 Å². The van der Waals surface area contributed by atoms with Crippen LogP contribution in [0.3, 0.4) is 0 Å². The summed E-state index contributed by atoms with van der Waals surface area (Å²) in [6, 6.07) is 3.08. The van der Waals surface area contributed by atoms with Crippen LogP contribution in [0.5, 0.6) is 0 Å². The van der Waals surface area contributed by atoms with Gasteiger partial charge in [-0.15, -0.1) is 0 Å². The van der Waals surface area contributed by atoms with Crippen molar-refractivity contribution in [2.24, 2.45) is 11.8 Å². The highest BCUT2D eigenvalue weighted by Gasteiger charge is 2.34. The summed E-state index contributed by atoms with van der Waals surface area (Å²) in [4.78, 5) is 24.2. The summed E-state index contributed by atoms with van der Waals surface area (Å²) >= 11 is 0. The normalized spacial score (nSPS) is 22.3. The monoisotopic (exact) mass is 286 g/mol. The lowest BCUT2D eigenvalue weighted by Crippen LogP contribution is -2.31. The van der Waals surface area contributed by atoms with Gasteiger partial charge in [0.25, 0.3) is 0 Å². The topological polar surface area (TPSA) is 34.1 Å². The molecular formula is C17H20BFO2. The molecule has 1 fully saturated rings. The molecule has 1 saturated carbocycles. The van der Waals surface area contributed by atoms with Crippen molar-refractivity contribution in [3.63, 3.8) is 0 Å². The van der Waals surface area contributed by atoms with Crippen LogP contribution in [0.2, 0.25) is 0 Å². The van der Waals surface area contributed by atoms with Gasteiger partial charge < -0.3 is 0 Å². The predicted octanol–water partition coefficient (Wildman–Crippen LogP) is 2.76. The van der Waals surface area contributed by atoms with Crippen molar-refractivity contribution in [3.05, 3.63) is 29.1 Å². The van der Waals surface area contributed by atoms with E-state index in [1.54, 1.807) is 6.07 Å². The van der Waals surface area contributed by atoms with Crippen LogP contribution in [-0.4, -0.2) is 19.4 Å². The lowest BCUT2D eigenvalue weighted by atomic mass is 9.73. The van der Waals surface area contributed by atoms with Gasteiger partial charge in [0.1, 0.15) is 19.4 Å². The molecule has 2 radical (unpaired) electrons. The molecule has 0 bridgehead atoms. The lowest BCUT2D eigenvalue weighted by Gasteiger charge is -2.29. The Balaban J connectivity index is 2.33. The van der Waals surface area contributed by atoms with Crippen molar-refractivity contribution in [2.45, 2.75) is 46.0 Å². The molecule has 0 amide bonds. The molecule has 2 rings (SSSR count). The molecule has 1 aromatic rings. The second kappa shape index (κ2) is 6.55. The molecule has 1 aliphatic rings. The second-order valence-corrected chi connectivity index (χ2v) is 5.77. The van der Waals surface area contributed by atoms with Gasteiger partial charge in [0.05, 0.1) is 5.56 Å². The van der Waals surface area contributed by atoms with Gasteiger partial charge in [-0.3, -0.25) is 9.59 Å². The lowest BCUT2D eigenvalue weighted by molar-refractivity contribution is -0.122.